The third-order valence-corrected chi connectivity index (χ3v) is 3.88. The van der Waals surface area contributed by atoms with E-state index in [1.165, 1.54) is 20.4 Å². The number of aromatic amines is 1. The summed E-state index contributed by atoms with van der Waals surface area (Å²) < 4.78 is 21.2. The zero-order valence-corrected chi connectivity index (χ0v) is 14.4. The van der Waals surface area contributed by atoms with Crippen LogP contribution in [0.25, 0.3) is 10.9 Å². The van der Waals surface area contributed by atoms with E-state index < -0.39 is 0 Å². The molecule has 0 spiro atoms. The minimum absolute atomic E-state index is 0.189. The predicted molar refractivity (Wildman–Crippen MR) is 92.2 cm³/mol. The summed E-state index contributed by atoms with van der Waals surface area (Å²) in [5.74, 6) is 1.75. The van der Waals surface area contributed by atoms with E-state index in [2.05, 4.69) is 9.97 Å². The van der Waals surface area contributed by atoms with Gasteiger partial charge in [0.25, 0.3) is 0 Å². The molecule has 0 aliphatic carbocycles. The van der Waals surface area contributed by atoms with Gasteiger partial charge < -0.3 is 23.9 Å². The highest BCUT2D eigenvalue weighted by Gasteiger charge is 2.20. The molecule has 0 amide bonds. The number of fused-ring (bicyclic) bond motifs is 1. The minimum atomic E-state index is -0.189. The number of rotatable bonds is 6. The first kappa shape index (κ1) is 16.6. The van der Waals surface area contributed by atoms with Crippen LogP contribution < -0.4 is 18.9 Å². The van der Waals surface area contributed by atoms with Gasteiger partial charge in [-0.2, -0.15) is 0 Å². The molecular formula is C18H18N2O5. The average molecular weight is 342 g/mol. The molecule has 0 saturated carbocycles. The lowest BCUT2D eigenvalue weighted by Gasteiger charge is -2.12. The topological polar surface area (TPSA) is 82.7 Å². The van der Waals surface area contributed by atoms with Crippen LogP contribution in [0.2, 0.25) is 0 Å². The molecular weight excluding hydrogens is 324 g/mol. The van der Waals surface area contributed by atoms with Crippen LogP contribution >= 0.6 is 0 Å². The smallest absolute Gasteiger partial charge is 0.212 e. The van der Waals surface area contributed by atoms with Crippen molar-refractivity contribution in [1.82, 2.24) is 9.97 Å². The monoisotopic (exact) mass is 342 g/mol. The molecule has 0 fully saturated rings. The van der Waals surface area contributed by atoms with Crippen molar-refractivity contribution in [2.75, 3.05) is 28.4 Å². The van der Waals surface area contributed by atoms with Gasteiger partial charge in [-0.1, -0.05) is 0 Å². The fourth-order valence-corrected chi connectivity index (χ4v) is 2.66. The van der Waals surface area contributed by atoms with Crippen molar-refractivity contribution in [2.24, 2.45) is 0 Å². The number of ketones is 1. The first-order chi connectivity index (χ1) is 12.1. The van der Waals surface area contributed by atoms with Gasteiger partial charge in [0.15, 0.2) is 11.5 Å². The van der Waals surface area contributed by atoms with Gasteiger partial charge >= 0.3 is 0 Å². The quantitative estimate of drug-likeness (QED) is 0.694. The number of aromatic nitrogens is 2. The van der Waals surface area contributed by atoms with Crippen LogP contribution in [0.1, 0.15) is 16.1 Å². The van der Waals surface area contributed by atoms with Crippen molar-refractivity contribution in [1.29, 1.82) is 0 Å². The number of hydrogen-bond donors (Lipinski definition) is 1. The highest BCUT2D eigenvalue weighted by Crippen LogP contribution is 2.43. The van der Waals surface area contributed by atoms with Gasteiger partial charge in [-0.3, -0.25) is 4.79 Å². The molecule has 7 heteroatoms. The maximum absolute atomic E-state index is 12.7. The normalized spacial score (nSPS) is 10.6. The van der Waals surface area contributed by atoms with Gasteiger partial charge in [-0.25, -0.2) is 4.98 Å². The second kappa shape index (κ2) is 6.72. The number of hydrogen-bond acceptors (Lipinski definition) is 6. The van der Waals surface area contributed by atoms with Gasteiger partial charge in [-0.15, -0.1) is 0 Å². The Morgan fingerprint density at radius 1 is 0.960 bits per heavy atom. The number of ether oxygens (including phenoxy) is 4. The molecule has 0 atom stereocenters. The van der Waals surface area contributed by atoms with Gasteiger partial charge in [-0.05, 0) is 12.1 Å². The maximum Gasteiger partial charge on any atom is 0.212 e. The van der Waals surface area contributed by atoms with E-state index in [9.17, 15) is 4.79 Å². The van der Waals surface area contributed by atoms with Crippen molar-refractivity contribution >= 4 is 16.7 Å². The summed E-state index contributed by atoms with van der Waals surface area (Å²) in [5, 5.41) is 0.727. The molecule has 0 aliphatic rings. The van der Waals surface area contributed by atoms with Crippen LogP contribution in [0.3, 0.4) is 0 Å². The number of H-pyrrole nitrogens is 1. The van der Waals surface area contributed by atoms with Gasteiger partial charge in [0.1, 0.15) is 0 Å². The van der Waals surface area contributed by atoms with Gasteiger partial charge in [0, 0.05) is 29.3 Å². The molecule has 1 N–H and O–H groups in total. The fourth-order valence-electron chi connectivity index (χ4n) is 2.66. The number of carbonyl (C=O) groups excluding carboxylic acids is 1. The number of nitrogens with zero attached hydrogens (tertiary/aromatic N) is 1. The zero-order chi connectivity index (χ0) is 18.0. The van der Waals surface area contributed by atoms with Crippen molar-refractivity contribution in [3.8, 4) is 23.1 Å². The molecule has 0 radical (unpaired) electrons. The molecule has 2 aromatic heterocycles. The Hall–Kier alpha value is -3.22. The van der Waals surface area contributed by atoms with Crippen molar-refractivity contribution in [2.45, 2.75) is 0 Å². The standard InChI is InChI=1S/C18H18N2O5/c1-22-14-8-12-11(17(24-3)18(14)25-4)7-13(20-12)16(21)10-5-6-15(23-2)19-9-10/h5-9,20H,1-4H3. The van der Waals surface area contributed by atoms with Gasteiger partial charge in [0.05, 0.1) is 39.6 Å². The third-order valence-electron chi connectivity index (χ3n) is 3.88. The van der Waals surface area contributed by atoms with E-state index in [-0.39, 0.29) is 5.78 Å². The van der Waals surface area contributed by atoms with Crippen LogP contribution in [0.5, 0.6) is 23.1 Å². The van der Waals surface area contributed by atoms with Crippen LogP contribution in [-0.2, 0) is 0 Å². The Morgan fingerprint density at radius 3 is 2.28 bits per heavy atom. The van der Waals surface area contributed by atoms with Crippen LogP contribution in [0.4, 0.5) is 0 Å². The lowest BCUT2D eigenvalue weighted by atomic mass is 10.1. The zero-order valence-electron chi connectivity index (χ0n) is 14.4. The summed E-state index contributed by atoms with van der Waals surface area (Å²) in [6, 6.07) is 6.79. The summed E-state index contributed by atoms with van der Waals surface area (Å²) in [5.41, 5.74) is 1.57. The van der Waals surface area contributed by atoms with E-state index in [1.54, 1.807) is 38.5 Å². The second-order valence-electron chi connectivity index (χ2n) is 5.21. The summed E-state index contributed by atoms with van der Waals surface area (Å²) in [4.78, 5) is 19.9. The Balaban J connectivity index is 2.09. The Morgan fingerprint density at radius 2 is 1.72 bits per heavy atom. The summed E-state index contributed by atoms with van der Waals surface area (Å²) >= 11 is 0. The molecule has 0 aliphatic heterocycles. The van der Waals surface area contributed by atoms with Gasteiger partial charge in [0.2, 0.25) is 17.4 Å². The lowest BCUT2D eigenvalue weighted by Crippen LogP contribution is -2.02. The predicted octanol–water partition coefficient (Wildman–Crippen LogP) is 2.83. The highest BCUT2D eigenvalue weighted by atomic mass is 16.5. The molecule has 0 bridgehead atoms. The van der Waals surface area contributed by atoms with Crippen LogP contribution in [0, 0.1) is 0 Å². The maximum atomic E-state index is 12.7. The number of methoxy groups -OCH3 is 4. The van der Waals surface area contributed by atoms with Crippen molar-refractivity contribution in [3.63, 3.8) is 0 Å². The van der Waals surface area contributed by atoms with E-state index in [1.807, 2.05) is 0 Å². The largest absolute Gasteiger partial charge is 0.493 e. The third kappa shape index (κ3) is 2.84. The summed E-state index contributed by atoms with van der Waals surface area (Å²) in [7, 11) is 6.14. The molecule has 0 saturated heterocycles. The number of benzene rings is 1. The van der Waals surface area contributed by atoms with E-state index >= 15 is 0 Å². The molecule has 3 rings (SSSR count). The fraction of sp³-hybridized carbons (Fsp3) is 0.222. The van der Waals surface area contributed by atoms with E-state index in [0.29, 0.717) is 39.9 Å². The first-order valence-electron chi connectivity index (χ1n) is 7.49. The molecule has 7 nitrogen and oxygen atoms in total. The Kier molecular flexibility index (Phi) is 4.47. The van der Waals surface area contributed by atoms with Crippen molar-refractivity contribution in [3.05, 3.63) is 41.7 Å². The number of nitrogens with one attached hydrogen (secondary N) is 1. The SMILES string of the molecule is COc1ccc(C(=O)c2cc3c(OC)c(OC)c(OC)cc3[nH]2)cn1. The van der Waals surface area contributed by atoms with Crippen LogP contribution in [0.15, 0.2) is 30.5 Å². The van der Waals surface area contributed by atoms with E-state index in [0.717, 1.165) is 5.39 Å². The molecule has 0 unspecified atom stereocenters. The Labute approximate surface area is 144 Å². The highest BCUT2D eigenvalue weighted by molar-refractivity contribution is 6.10. The molecule has 3 aromatic rings. The van der Waals surface area contributed by atoms with Crippen molar-refractivity contribution < 1.29 is 23.7 Å². The first-order valence-corrected chi connectivity index (χ1v) is 7.49. The summed E-state index contributed by atoms with van der Waals surface area (Å²) in [6.45, 7) is 0. The second-order valence-corrected chi connectivity index (χ2v) is 5.21. The summed E-state index contributed by atoms with van der Waals surface area (Å²) in [6.07, 6.45) is 1.48. The minimum Gasteiger partial charge on any atom is -0.493 e. The molecule has 25 heavy (non-hydrogen) atoms. The average Bonchev–Trinajstić information content (AvgIpc) is 3.09. The number of carbonyl (C=O) groups is 1. The van der Waals surface area contributed by atoms with E-state index in [4.69, 9.17) is 18.9 Å². The lowest BCUT2D eigenvalue weighted by molar-refractivity contribution is 0.103. The molecule has 2 heterocycles. The van der Waals surface area contributed by atoms with Crippen LogP contribution in [-0.4, -0.2) is 44.2 Å². The Bertz CT molecular complexity index is 915. The molecule has 1 aromatic carbocycles. The molecule has 130 valence electrons. The number of pyridine rings is 1.